The number of anilines is 1. The van der Waals surface area contributed by atoms with E-state index in [0.29, 0.717) is 5.82 Å². The molecule has 4 heteroatoms. The van der Waals surface area contributed by atoms with Gasteiger partial charge in [0, 0.05) is 6.20 Å². The SMILES string of the molecule is Cc1ccnc(NC(=O)c2ccc(C)cc2F)c1. The quantitative estimate of drug-likeness (QED) is 0.882. The number of aryl methyl sites for hydroxylation is 2. The normalized spacial score (nSPS) is 10.2. The van der Waals surface area contributed by atoms with Gasteiger partial charge in [-0.25, -0.2) is 9.37 Å². The van der Waals surface area contributed by atoms with Crippen molar-refractivity contribution >= 4 is 11.7 Å². The minimum atomic E-state index is -0.528. The highest BCUT2D eigenvalue weighted by Crippen LogP contribution is 2.12. The molecular weight excluding hydrogens is 231 g/mol. The van der Waals surface area contributed by atoms with Crippen molar-refractivity contribution < 1.29 is 9.18 Å². The molecule has 0 saturated carbocycles. The molecule has 0 unspecified atom stereocenters. The average molecular weight is 244 g/mol. The van der Waals surface area contributed by atoms with Crippen LogP contribution in [0.3, 0.4) is 0 Å². The Morgan fingerprint density at radius 3 is 2.56 bits per heavy atom. The van der Waals surface area contributed by atoms with E-state index in [1.54, 1.807) is 25.3 Å². The Kier molecular flexibility index (Phi) is 3.37. The third kappa shape index (κ3) is 2.71. The topological polar surface area (TPSA) is 42.0 Å². The van der Waals surface area contributed by atoms with Gasteiger partial charge in [0.1, 0.15) is 11.6 Å². The van der Waals surface area contributed by atoms with Gasteiger partial charge in [0.05, 0.1) is 5.56 Å². The second-order valence-corrected chi connectivity index (χ2v) is 4.16. The Morgan fingerprint density at radius 2 is 1.89 bits per heavy atom. The summed E-state index contributed by atoms with van der Waals surface area (Å²) in [6.07, 6.45) is 1.59. The maximum atomic E-state index is 13.6. The molecular formula is C14H13FN2O. The van der Waals surface area contributed by atoms with Gasteiger partial charge in [-0.1, -0.05) is 6.07 Å². The lowest BCUT2D eigenvalue weighted by Crippen LogP contribution is -2.14. The van der Waals surface area contributed by atoms with Gasteiger partial charge in [-0.2, -0.15) is 0 Å². The van der Waals surface area contributed by atoms with E-state index in [4.69, 9.17) is 0 Å². The van der Waals surface area contributed by atoms with Crippen molar-refractivity contribution in [3.05, 3.63) is 59.0 Å². The van der Waals surface area contributed by atoms with Crippen LogP contribution < -0.4 is 5.32 Å². The summed E-state index contributed by atoms with van der Waals surface area (Å²) in [4.78, 5) is 15.9. The first kappa shape index (κ1) is 12.2. The van der Waals surface area contributed by atoms with E-state index in [1.165, 1.54) is 12.1 Å². The number of pyridine rings is 1. The number of carbonyl (C=O) groups is 1. The zero-order valence-corrected chi connectivity index (χ0v) is 10.2. The van der Waals surface area contributed by atoms with Crippen LogP contribution in [0.15, 0.2) is 36.5 Å². The van der Waals surface area contributed by atoms with Gasteiger partial charge in [-0.05, 0) is 49.2 Å². The molecule has 2 rings (SSSR count). The van der Waals surface area contributed by atoms with Crippen LogP contribution in [-0.2, 0) is 0 Å². The minimum absolute atomic E-state index is 0.0175. The van der Waals surface area contributed by atoms with Gasteiger partial charge < -0.3 is 5.32 Å². The van der Waals surface area contributed by atoms with Crippen molar-refractivity contribution in [2.75, 3.05) is 5.32 Å². The summed E-state index contributed by atoms with van der Waals surface area (Å²) in [5.74, 6) is -0.606. The standard InChI is InChI=1S/C14H13FN2O/c1-9-3-4-11(12(15)7-9)14(18)17-13-8-10(2)5-6-16-13/h3-8H,1-2H3,(H,16,17,18). The van der Waals surface area contributed by atoms with E-state index in [-0.39, 0.29) is 5.56 Å². The number of rotatable bonds is 2. The van der Waals surface area contributed by atoms with Gasteiger partial charge in [0.2, 0.25) is 0 Å². The molecule has 0 aliphatic heterocycles. The van der Waals surface area contributed by atoms with E-state index in [9.17, 15) is 9.18 Å². The van der Waals surface area contributed by atoms with Gasteiger partial charge in [0.15, 0.2) is 0 Å². The molecule has 0 saturated heterocycles. The number of halogens is 1. The Hall–Kier alpha value is -2.23. The summed E-state index contributed by atoms with van der Waals surface area (Å²) in [7, 11) is 0. The summed E-state index contributed by atoms with van der Waals surface area (Å²) in [5.41, 5.74) is 1.77. The second kappa shape index (κ2) is 4.96. The smallest absolute Gasteiger partial charge is 0.259 e. The number of nitrogens with one attached hydrogen (secondary N) is 1. The molecule has 0 aliphatic carbocycles. The maximum absolute atomic E-state index is 13.6. The number of hydrogen-bond donors (Lipinski definition) is 1. The van der Waals surface area contributed by atoms with Crippen molar-refractivity contribution in [1.29, 1.82) is 0 Å². The summed E-state index contributed by atoms with van der Waals surface area (Å²) < 4.78 is 13.6. The summed E-state index contributed by atoms with van der Waals surface area (Å²) in [6, 6.07) is 8.04. The Labute approximate surface area is 105 Å². The van der Waals surface area contributed by atoms with Crippen LogP contribution in [-0.4, -0.2) is 10.9 Å². The first-order chi connectivity index (χ1) is 8.56. The maximum Gasteiger partial charge on any atom is 0.259 e. The summed E-state index contributed by atoms with van der Waals surface area (Å²) in [5, 5.41) is 2.57. The third-order valence-electron chi connectivity index (χ3n) is 2.53. The summed E-state index contributed by atoms with van der Waals surface area (Å²) >= 11 is 0. The zero-order valence-electron chi connectivity index (χ0n) is 10.2. The highest BCUT2D eigenvalue weighted by atomic mass is 19.1. The summed E-state index contributed by atoms with van der Waals surface area (Å²) in [6.45, 7) is 3.66. The number of carbonyl (C=O) groups excluding carboxylic acids is 1. The van der Waals surface area contributed by atoms with E-state index in [0.717, 1.165) is 11.1 Å². The van der Waals surface area contributed by atoms with Crippen LogP contribution in [0, 0.1) is 19.7 Å². The van der Waals surface area contributed by atoms with Crippen molar-refractivity contribution in [3.63, 3.8) is 0 Å². The number of nitrogens with zero attached hydrogens (tertiary/aromatic N) is 1. The van der Waals surface area contributed by atoms with E-state index in [2.05, 4.69) is 10.3 Å². The molecule has 1 aromatic heterocycles. The predicted octanol–water partition coefficient (Wildman–Crippen LogP) is 3.09. The fraction of sp³-hybridized carbons (Fsp3) is 0.143. The van der Waals surface area contributed by atoms with Crippen molar-refractivity contribution in [1.82, 2.24) is 4.98 Å². The highest BCUT2D eigenvalue weighted by Gasteiger charge is 2.12. The molecule has 0 spiro atoms. The van der Waals surface area contributed by atoms with Crippen LogP contribution in [0.2, 0.25) is 0 Å². The molecule has 1 aromatic carbocycles. The minimum Gasteiger partial charge on any atom is -0.306 e. The number of benzene rings is 1. The fourth-order valence-electron chi connectivity index (χ4n) is 1.59. The second-order valence-electron chi connectivity index (χ2n) is 4.16. The number of amides is 1. The zero-order chi connectivity index (χ0) is 13.1. The highest BCUT2D eigenvalue weighted by molar-refractivity contribution is 6.04. The molecule has 0 aliphatic rings. The Bertz CT molecular complexity index is 596. The predicted molar refractivity (Wildman–Crippen MR) is 68.1 cm³/mol. The molecule has 3 nitrogen and oxygen atoms in total. The first-order valence-electron chi connectivity index (χ1n) is 5.56. The molecule has 0 radical (unpaired) electrons. The average Bonchev–Trinajstić information content (AvgIpc) is 2.28. The number of hydrogen-bond acceptors (Lipinski definition) is 2. The lowest BCUT2D eigenvalue weighted by atomic mass is 10.1. The molecule has 0 bridgehead atoms. The van der Waals surface area contributed by atoms with Crippen LogP contribution >= 0.6 is 0 Å². The molecule has 1 heterocycles. The van der Waals surface area contributed by atoms with Gasteiger partial charge in [-0.3, -0.25) is 4.79 Å². The van der Waals surface area contributed by atoms with Gasteiger partial charge in [0.25, 0.3) is 5.91 Å². The van der Waals surface area contributed by atoms with Gasteiger partial charge >= 0.3 is 0 Å². The van der Waals surface area contributed by atoms with Crippen molar-refractivity contribution in [2.45, 2.75) is 13.8 Å². The third-order valence-corrected chi connectivity index (χ3v) is 2.53. The fourth-order valence-corrected chi connectivity index (χ4v) is 1.59. The van der Waals surface area contributed by atoms with Crippen LogP contribution in [0.4, 0.5) is 10.2 Å². The van der Waals surface area contributed by atoms with Crippen molar-refractivity contribution in [2.24, 2.45) is 0 Å². The molecule has 1 amide bonds. The lowest BCUT2D eigenvalue weighted by molar-refractivity contribution is 0.102. The molecule has 18 heavy (non-hydrogen) atoms. The largest absolute Gasteiger partial charge is 0.306 e. The molecule has 2 aromatic rings. The Balaban J connectivity index is 2.22. The van der Waals surface area contributed by atoms with Crippen LogP contribution in [0.25, 0.3) is 0 Å². The number of aromatic nitrogens is 1. The lowest BCUT2D eigenvalue weighted by Gasteiger charge is -2.06. The molecule has 1 N–H and O–H groups in total. The van der Waals surface area contributed by atoms with Crippen LogP contribution in [0.5, 0.6) is 0 Å². The van der Waals surface area contributed by atoms with E-state index in [1.807, 2.05) is 13.0 Å². The Morgan fingerprint density at radius 1 is 1.17 bits per heavy atom. The van der Waals surface area contributed by atoms with E-state index < -0.39 is 11.7 Å². The van der Waals surface area contributed by atoms with E-state index >= 15 is 0 Å². The first-order valence-corrected chi connectivity index (χ1v) is 5.56. The van der Waals surface area contributed by atoms with Gasteiger partial charge in [-0.15, -0.1) is 0 Å². The van der Waals surface area contributed by atoms with Crippen LogP contribution in [0.1, 0.15) is 21.5 Å². The monoisotopic (exact) mass is 244 g/mol. The van der Waals surface area contributed by atoms with Crippen molar-refractivity contribution in [3.8, 4) is 0 Å². The molecule has 0 fully saturated rings. The molecule has 0 atom stereocenters. The molecule has 92 valence electrons.